The number of amides is 2. The molecular weight excluding hydrogens is 875 g/mol. The van der Waals surface area contributed by atoms with E-state index in [9.17, 15) is 25.1 Å². The lowest BCUT2D eigenvalue weighted by Gasteiger charge is -2.11. The number of nitrogens with one attached hydrogen (secondary N) is 2. The minimum absolute atomic E-state index is 0. The summed E-state index contributed by atoms with van der Waals surface area (Å²) in [6.07, 6.45) is 8.93. The van der Waals surface area contributed by atoms with Crippen LogP contribution in [0.3, 0.4) is 0 Å². The van der Waals surface area contributed by atoms with Crippen LogP contribution in [0.1, 0.15) is 33.3 Å². The summed E-state index contributed by atoms with van der Waals surface area (Å²) in [7, 11) is 0. The molecule has 0 fully saturated rings. The largest absolute Gasteiger partial charge is 1.00 e. The number of fused-ring (bicyclic) bond motifs is 2. The van der Waals surface area contributed by atoms with Crippen molar-refractivity contribution in [3.63, 3.8) is 0 Å². The van der Waals surface area contributed by atoms with E-state index in [4.69, 9.17) is 11.0 Å². The summed E-state index contributed by atoms with van der Waals surface area (Å²) < 4.78 is 2.59. The van der Waals surface area contributed by atoms with Gasteiger partial charge in [0.2, 0.25) is 0 Å². The Morgan fingerprint density at radius 3 is 1.64 bits per heavy atom. The van der Waals surface area contributed by atoms with Crippen LogP contribution in [-0.2, 0) is 0 Å². The normalized spacial score (nSPS) is 10.5. The molecule has 2 amide bonds. The molecule has 0 saturated carbocycles. The highest BCUT2D eigenvalue weighted by molar-refractivity contribution is 6.12. The molecule has 0 radical (unpaired) electrons. The van der Waals surface area contributed by atoms with Gasteiger partial charge in [0.25, 0.3) is 23.7 Å². The molecule has 0 aliphatic rings. The van der Waals surface area contributed by atoms with Crippen molar-refractivity contribution in [3.8, 4) is 35.5 Å². The summed E-state index contributed by atoms with van der Waals surface area (Å²) >= 11 is 0. The van der Waals surface area contributed by atoms with Crippen LogP contribution in [0.4, 0.5) is 28.7 Å². The van der Waals surface area contributed by atoms with Crippen LogP contribution >= 0.6 is 0 Å². The second kappa shape index (κ2) is 20.9. The van der Waals surface area contributed by atoms with Gasteiger partial charge in [0.05, 0.1) is 23.5 Å². The van der Waals surface area contributed by atoms with E-state index in [-0.39, 0.29) is 58.8 Å². The molecule has 0 spiro atoms. The molecular formula is C50H36N15O4-. The van der Waals surface area contributed by atoms with E-state index in [1.165, 1.54) is 34.2 Å². The van der Waals surface area contributed by atoms with Gasteiger partial charge >= 0.3 is 0 Å². The average molecular weight is 912 g/mol. The van der Waals surface area contributed by atoms with Gasteiger partial charge in [0.15, 0.2) is 11.6 Å². The number of benzene rings is 6. The molecule has 0 saturated heterocycles. The summed E-state index contributed by atoms with van der Waals surface area (Å²) in [6, 6.07) is 45.0. The molecule has 10 rings (SSSR count). The van der Waals surface area contributed by atoms with Crippen molar-refractivity contribution in [2.75, 3.05) is 16.4 Å². The SMILES string of the molecule is N#Cc1cnn(-c2ncccn2)c1N.N#Cc1cnn(-c2ncccn2)c1N=Nc1c(O)c(C(=O)Nc2ccccc2)cc2ccccc12.O=C(Nc1ccccc1)c1cc2ccccc2cc1O.[2H-]. The maximum absolute atomic E-state index is 13.0. The Morgan fingerprint density at radius 2 is 1.06 bits per heavy atom. The number of carbonyl (C=O) groups excluding carboxylic acids is 2. The summed E-state index contributed by atoms with van der Waals surface area (Å²) in [5.41, 5.74) is 7.76. The number of phenolic OH excluding ortho intramolecular Hbond substituents is 2. The molecule has 6 N–H and O–H groups in total. The zero-order valence-corrected chi connectivity index (χ0v) is 35.9. The van der Waals surface area contributed by atoms with Crippen LogP contribution in [0.5, 0.6) is 11.5 Å². The molecule has 6 aromatic carbocycles. The Morgan fingerprint density at radius 1 is 0.580 bits per heavy atom. The first kappa shape index (κ1) is 44.9. The lowest BCUT2D eigenvalue weighted by Crippen LogP contribution is -2.12. The predicted molar refractivity (Wildman–Crippen MR) is 257 cm³/mol. The fourth-order valence-corrected chi connectivity index (χ4v) is 6.61. The summed E-state index contributed by atoms with van der Waals surface area (Å²) in [4.78, 5) is 41.4. The van der Waals surface area contributed by atoms with Crippen LogP contribution in [0, 0.1) is 22.7 Å². The molecule has 0 atom stereocenters. The number of hydrogen-bond donors (Lipinski definition) is 5. The molecule has 69 heavy (non-hydrogen) atoms. The third-order valence-electron chi connectivity index (χ3n) is 9.93. The van der Waals surface area contributed by atoms with Gasteiger partial charge in [0, 0.05) is 41.5 Å². The van der Waals surface area contributed by atoms with E-state index in [1.807, 2.05) is 66.7 Å². The quantitative estimate of drug-likeness (QED) is 0.0890. The highest BCUT2D eigenvalue weighted by Crippen LogP contribution is 2.40. The minimum atomic E-state index is -0.503. The Balaban J connectivity index is 0.000000173. The van der Waals surface area contributed by atoms with Gasteiger partial charge in [-0.2, -0.15) is 30.1 Å². The van der Waals surface area contributed by atoms with Crippen LogP contribution in [0.25, 0.3) is 33.4 Å². The summed E-state index contributed by atoms with van der Waals surface area (Å²) in [5.74, 6) is -0.297. The number of rotatable bonds is 8. The number of aromatic nitrogens is 8. The molecule has 10 aromatic rings. The Kier molecular flexibility index (Phi) is 13.6. The van der Waals surface area contributed by atoms with E-state index in [2.05, 4.69) is 51.0 Å². The highest BCUT2D eigenvalue weighted by atomic mass is 16.3. The number of anilines is 3. The van der Waals surface area contributed by atoms with E-state index in [1.54, 1.807) is 97.3 Å². The molecule has 19 heteroatoms. The van der Waals surface area contributed by atoms with Crippen molar-refractivity contribution < 1.29 is 21.2 Å². The maximum Gasteiger partial charge on any atom is 0.259 e. The van der Waals surface area contributed by atoms with E-state index < -0.39 is 5.91 Å². The van der Waals surface area contributed by atoms with Gasteiger partial charge in [-0.25, -0.2) is 19.9 Å². The molecule has 4 heterocycles. The number of phenols is 2. The van der Waals surface area contributed by atoms with Crippen molar-refractivity contribution in [3.05, 3.63) is 199 Å². The second-order valence-corrected chi connectivity index (χ2v) is 14.4. The van der Waals surface area contributed by atoms with Gasteiger partial charge in [-0.1, -0.05) is 84.9 Å². The van der Waals surface area contributed by atoms with Gasteiger partial charge in [-0.3, -0.25) is 9.59 Å². The van der Waals surface area contributed by atoms with Gasteiger partial charge < -0.3 is 28.0 Å². The molecule has 0 aliphatic carbocycles. The van der Waals surface area contributed by atoms with E-state index >= 15 is 0 Å². The number of azo groups is 1. The molecule has 0 aliphatic heterocycles. The van der Waals surface area contributed by atoms with Crippen LogP contribution in [0.15, 0.2) is 187 Å². The van der Waals surface area contributed by atoms with Crippen molar-refractivity contribution in [2.24, 2.45) is 10.2 Å². The number of hydrogen-bond acceptors (Lipinski definition) is 15. The first-order valence-electron chi connectivity index (χ1n) is 20.6. The Hall–Kier alpha value is -10.7. The monoisotopic (exact) mass is 911 g/mol. The van der Waals surface area contributed by atoms with E-state index in [0.29, 0.717) is 33.7 Å². The smallest absolute Gasteiger partial charge is 0.259 e. The number of nitrogens with two attached hydrogens (primary N) is 1. The fraction of sp³-hybridized carbons (Fsp3) is 0. The fourth-order valence-electron chi connectivity index (χ4n) is 6.61. The topological polar surface area (TPSA) is 284 Å². The molecule has 4 aromatic heterocycles. The number of para-hydroxylation sites is 2. The Labute approximate surface area is 393 Å². The summed E-state index contributed by atoms with van der Waals surface area (Å²) in [5, 5.41) is 64.3. The molecule has 336 valence electrons. The van der Waals surface area contributed by atoms with Crippen molar-refractivity contribution >= 4 is 62.1 Å². The standard InChI is InChI=1S/C25H16N8O2.C17H13NO2.C8H6N6.H/c26-14-17-15-29-33(25-27-11-6-12-28-25)23(17)32-31-21-19-10-5-4-7-16(19)13-20(22(21)34)24(35)30-18-8-2-1-3-9-18;19-16-11-13-7-5-4-6-12(13)10-15(16)17(20)18-14-8-2-1-3-9-14;9-4-6-5-13-14(7(6)10)8-11-2-1-3-12-8;/h1-13,15,34H,(H,30,35);1-11,19H,(H,18,20);1-3,5H,10H2;/q;;;-1/i;;;1+1. The molecule has 0 bridgehead atoms. The number of nitrogen functional groups attached to an aromatic ring is 1. The maximum atomic E-state index is 13.0. The third-order valence-corrected chi connectivity index (χ3v) is 9.93. The van der Waals surface area contributed by atoms with Gasteiger partial charge in [-0.05, 0) is 70.8 Å². The highest BCUT2D eigenvalue weighted by Gasteiger charge is 2.20. The second-order valence-electron chi connectivity index (χ2n) is 14.4. The number of carbonyl (C=O) groups is 2. The minimum Gasteiger partial charge on any atom is -1.00 e. The predicted octanol–water partition coefficient (Wildman–Crippen LogP) is 9.09. The lowest BCUT2D eigenvalue weighted by molar-refractivity contribution is 0.101. The number of nitriles is 2. The third kappa shape index (κ3) is 10.3. The molecule has 0 unspecified atom stereocenters. The molecule has 19 nitrogen and oxygen atoms in total. The van der Waals surface area contributed by atoms with E-state index in [0.717, 1.165) is 10.8 Å². The average Bonchev–Trinajstić information content (AvgIpc) is 3.99. The number of aromatic hydroxyl groups is 2. The summed E-state index contributed by atoms with van der Waals surface area (Å²) in [6.45, 7) is 0. The van der Waals surface area contributed by atoms with Crippen molar-refractivity contribution in [2.45, 2.75) is 0 Å². The Bertz CT molecular complexity index is 3560. The number of nitrogens with zero attached hydrogens (tertiary/aromatic N) is 12. The first-order valence-corrected chi connectivity index (χ1v) is 20.6. The van der Waals surface area contributed by atoms with Crippen molar-refractivity contribution in [1.82, 2.24) is 39.5 Å². The van der Waals surface area contributed by atoms with Crippen molar-refractivity contribution in [1.29, 1.82) is 10.5 Å². The van der Waals surface area contributed by atoms with Crippen LogP contribution < -0.4 is 16.4 Å². The van der Waals surface area contributed by atoms with Gasteiger partial charge in [0.1, 0.15) is 40.5 Å². The van der Waals surface area contributed by atoms with Crippen LogP contribution in [-0.4, -0.2) is 61.5 Å². The zero-order chi connectivity index (χ0) is 48.1. The first-order chi connectivity index (χ1) is 33.7. The lowest BCUT2D eigenvalue weighted by atomic mass is 10.0. The van der Waals surface area contributed by atoms with Gasteiger partial charge in [-0.15, -0.1) is 10.2 Å². The zero-order valence-electron chi connectivity index (χ0n) is 36.9. The van der Waals surface area contributed by atoms with Crippen LogP contribution in [0.2, 0.25) is 0 Å².